The number of hydrogen-bond donors (Lipinski definition) is 0. The second-order valence-electron chi connectivity index (χ2n) is 3.45. The fraction of sp³-hybridized carbons (Fsp3) is 0.0714. The third-order valence-electron chi connectivity index (χ3n) is 2.29. The molecule has 4 heteroatoms. The van der Waals surface area contributed by atoms with Crippen molar-refractivity contribution in [3.05, 3.63) is 59.4 Å². The van der Waals surface area contributed by atoms with E-state index in [1.54, 1.807) is 43.0 Å². The lowest BCUT2D eigenvalue weighted by molar-refractivity contribution is 0.401. The summed E-state index contributed by atoms with van der Waals surface area (Å²) >= 11 is 1.39. The maximum absolute atomic E-state index is 13.4. The first-order valence-corrected chi connectivity index (χ1v) is 6.26. The molecule has 0 atom stereocenters. The predicted octanol–water partition coefficient (Wildman–Crippen LogP) is 3.99. The van der Waals surface area contributed by atoms with Crippen LogP contribution in [0.4, 0.5) is 4.39 Å². The van der Waals surface area contributed by atoms with Gasteiger partial charge in [0.05, 0.1) is 7.11 Å². The van der Waals surface area contributed by atoms with Crippen molar-refractivity contribution in [1.29, 1.82) is 0 Å². The highest BCUT2D eigenvalue weighted by molar-refractivity contribution is 8.02. The Bertz CT molecular complexity index is 557. The molecule has 0 fully saturated rings. The SMILES string of the molecule is COc1cccnc1S/C=C/c1ccccc1F. The van der Waals surface area contributed by atoms with Gasteiger partial charge in [-0.3, -0.25) is 0 Å². The lowest BCUT2D eigenvalue weighted by atomic mass is 10.2. The normalized spacial score (nSPS) is 10.8. The van der Waals surface area contributed by atoms with Crippen LogP contribution in [0.1, 0.15) is 5.56 Å². The Balaban J connectivity index is 2.10. The fourth-order valence-corrected chi connectivity index (χ4v) is 2.13. The van der Waals surface area contributed by atoms with E-state index in [-0.39, 0.29) is 5.82 Å². The molecule has 0 aliphatic heterocycles. The molecule has 0 bridgehead atoms. The Morgan fingerprint density at radius 2 is 2.06 bits per heavy atom. The third-order valence-corrected chi connectivity index (χ3v) is 3.09. The molecule has 0 N–H and O–H groups in total. The molecule has 2 nitrogen and oxygen atoms in total. The Kier molecular flexibility index (Phi) is 4.36. The van der Waals surface area contributed by atoms with Crippen molar-refractivity contribution in [2.45, 2.75) is 5.03 Å². The monoisotopic (exact) mass is 261 g/mol. The molecular formula is C14H12FNOS. The molecule has 0 aliphatic rings. The van der Waals surface area contributed by atoms with Gasteiger partial charge in [0.15, 0.2) is 5.75 Å². The van der Waals surface area contributed by atoms with E-state index in [9.17, 15) is 4.39 Å². The van der Waals surface area contributed by atoms with Gasteiger partial charge in [0.2, 0.25) is 0 Å². The van der Waals surface area contributed by atoms with Gasteiger partial charge in [-0.1, -0.05) is 30.0 Å². The Labute approximate surface area is 110 Å². The Hall–Kier alpha value is -1.81. The number of methoxy groups -OCH3 is 1. The molecule has 2 rings (SSSR count). The van der Waals surface area contributed by atoms with Gasteiger partial charge in [0, 0.05) is 11.8 Å². The molecule has 92 valence electrons. The largest absolute Gasteiger partial charge is 0.494 e. The summed E-state index contributed by atoms with van der Waals surface area (Å²) in [6, 6.07) is 10.3. The average Bonchev–Trinajstić information content (AvgIpc) is 2.41. The summed E-state index contributed by atoms with van der Waals surface area (Å²) in [5.41, 5.74) is 0.555. The van der Waals surface area contributed by atoms with Crippen molar-refractivity contribution in [3.8, 4) is 5.75 Å². The van der Waals surface area contributed by atoms with Crippen LogP contribution in [-0.2, 0) is 0 Å². The minimum Gasteiger partial charge on any atom is -0.494 e. The van der Waals surface area contributed by atoms with Crippen molar-refractivity contribution in [3.63, 3.8) is 0 Å². The Morgan fingerprint density at radius 3 is 2.83 bits per heavy atom. The van der Waals surface area contributed by atoms with Crippen LogP contribution in [-0.4, -0.2) is 12.1 Å². The van der Waals surface area contributed by atoms with E-state index >= 15 is 0 Å². The van der Waals surface area contributed by atoms with Crippen molar-refractivity contribution in [2.75, 3.05) is 7.11 Å². The number of halogens is 1. The summed E-state index contributed by atoms with van der Waals surface area (Å²) in [7, 11) is 1.60. The van der Waals surface area contributed by atoms with E-state index < -0.39 is 0 Å². The van der Waals surface area contributed by atoms with Crippen LogP contribution < -0.4 is 4.74 Å². The smallest absolute Gasteiger partial charge is 0.151 e. The van der Waals surface area contributed by atoms with Gasteiger partial charge in [0.1, 0.15) is 10.8 Å². The van der Waals surface area contributed by atoms with E-state index in [0.29, 0.717) is 11.3 Å². The standard InChI is InChI=1S/C14H12FNOS/c1-17-13-7-4-9-16-14(13)18-10-8-11-5-2-3-6-12(11)15/h2-10H,1H3/b10-8+. The van der Waals surface area contributed by atoms with Gasteiger partial charge in [-0.15, -0.1) is 0 Å². The number of ether oxygens (including phenoxy) is 1. The molecule has 0 aliphatic carbocycles. The highest BCUT2D eigenvalue weighted by Gasteiger charge is 2.01. The van der Waals surface area contributed by atoms with Crippen molar-refractivity contribution in [1.82, 2.24) is 4.98 Å². The summed E-state index contributed by atoms with van der Waals surface area (Å²) in [6.07, 6.45) is 3.41. The first-order valence-electron chi connectivity index (χ1n) is 5.38. The van der Waals surface area contributed by atoms with E-state index in [1.165, 1.54) is 17.8 Å². The minimum absolute atomic E-state index is 0.234. The second kappa shape index (κ2) is 6.21. The molecule has 0 spiro atoms. The highest BCUT2D eigenvalue weighted by Crippen LogP contribution is 2.27. The summed E-state index contributed by atoms with van der Waals surface area (Å²) in [5.74, 6) is 0.475. The maximum atomic E-state index is 13.4. The lowest BCUT2D eigenvalue weighted by Crippen LogP contribution is -1.87. The molecule has 1 aromatic heterocycles. The van der Waals surface area contributed by atoms with E-state index in [0.717, 1.165) is 5.03 Å². The summed E-state index contributed by atoms with van der Waals surface area (Å²) in [5, 5.41) is 2.55. The van der Waals surface area contributed by atoms with Gasteiger partial charge in [-0.25, -0.2) is 9.37 Å². The van der Waals surface area contributed by atoms with Crippen LogP contribution in [0.5, 0.6) is 5.75 Å². The fourth-order valence-electron chi connectivity index (χ4n) is 1.40. The first kappa shape index (κ1) is 12.6. The predicted molar refractivity (Wildman–Crippen MR) is 72.1 cm³/mol. The zero-order valence-electron chi connectivity index (χ0n) is 9.84. The number of rotatable bonds is 4. The number of aromatic nitrogens is 1. The summed E-state index contributed by atoms with van der Waals surface area (Å²) < 4.78 is 18.5. The molecule has 18 heavy (non-hydrogen) atoms. The van der Waals surface area contributed by atoms with Crippen LogP contribution in [0.25, 0.3) is 6.08 Å². The van der Waals surface area contributed by atoms with Crippen molar-refractivity contribution >= 4 is 17.8 Å². The zero-order chi connectivity index (χ0) is 12.8. The maximum Gasteiger partial charge on any atom is 0.151 e. The van der Waals surface area contributed by atoms with E-state index in [4.69, 9.17) is 4.74 Å². The number of hydrogen-bond acceptors (Lipinski definition) is 3. The lowest BCUT2D eigenvalue weighted by Gasteiger charge is -2.03. The minimum atomic E-state index is -0.234. The molecule has 0 saturated carbocycles. The van der Waals surface area contributed by atoms with Gasteiger partial charge < -0.3 is 4.74 Å². The summed E-state index contributed by atoms with van der Waals surface area (Å²) in [4.78, 5) is 4.20. The quantitative estimate of drug-likeness (QED) is 0.777. The molecule has 1 heterocycles. The summed E-state index contributed by atoms with van der Waals surface area (Å²) in [6.45, 7) is 0. The first-order chi connectivity index (χ1) is 8.81. The molecule has 0 unspecified atom stereocenters. The van der Waals surface area contributed by atoms with Gasteiger partial charge >= 0.3 is 0 Å². The number of thioether (sulfide) groups is 1. The number of benzene rings is 1. The van der Waals surface area contributed by atoms with E-state index in [2.05, 4.69) is 4.98 Å². The van der Waals surface area contributed by atoms with Gasteiger partial charge in [0.25, 0.3) is 0 Å². The molecule has 0 saturated heterocycles. The molecule has 0 amide bonds. The van der Waals surface area contributed by atoms with Crippen LogP contribution in [0.15, 0.2) is 53.0 Å². The van der Waals surface area contributed by atoms with E-state index in [1.807, 2.05) is 12.1 Å². The molecule has 0 radical (unpaired) electrons. The number of nitrogens with zero attached hydrogens (tertiary/aromatic N) is 1. The molecular weight excluding hydrogens is 249 g/mol. The van der Waals surface area contributed by atoms with Crippen LogP contribution in [0.2, 0.25) is 0 Å². The van der Waals surface area contributed by atoms with Gasteiger partial charge in [-0.05, 0) is 29.7 Å². The molecule has 2 aromatic rings. The van der Waals surface area contributed by atoms with Crippen LogP contribution in [0.3, 0.4) is 0 Å². The van der Waals surface area contributed by atoms with Crippen molar-refractivity contribution in [2.24, 2.45) is 0 Å². The average molecular weight is 261 g/mol. The highest BCUT2D eigenvalue weighted by atomic mass is 32.2. The third kappa shape index (κ3) is 3.11. The van der Waals surface area contributed by atoms with Crippen LogP contribution in [0, 0.1) is 5.82 Å². The van der Waals surface area contributed by atoms with Gasteiger partial charge in [-0.2, -0.15) is 0 Å². The topological polar surface area (TPSA) is 22.1 Å². The van der Waals surface area contributed by atoms with Crippen molar-refractivity contribution < 1.29 is 9.13 Å². The van der Waals surface area contributed by atoms with Crippen LogP contribution >= 0.6 is 11.8 Å². The Morgan fingerprint density at radius 1 is 1.22 bits per heavy atom. The molecule has 1 aromatic carbocycles. The zero-order valence-corrected chi connectivity index (χ0v) is 10.7. The second-order valence-corrected chi connectivity index (χ2v) is 4.35. The number of pyridine rings is 1.